The maximum atomic E-state index is 10.6. The summed E-state index contributed by atoms with van der Waals surface area (Å²) in [6.45, 7) is 7.34. The fourth-order valence-electron chi connectivity index (χ4n) is 1.04. The van der Waals surface area contributed by atoms with Crippen LogP contribution in [0, 0.1) is 17.0 Å². The number of nitrogens with zero attached hydrogens (tertiary/aromatic N) is 1. The summed E-state index contributed by atoms with van der Waals surface area (Å²) in [5.41, 5.74) is 0.635. The van der Waals surface area contributed by atoms with Gasteiger partial charge in [-0.25, -0.2) is 0 Å². The molecule has 1 atom stereocenters. The van der Waals surface area contributed by atoms with E-state index in [0.29, 0.717) is 0 Å². The first-order valence-electron chi connectivity index (χ1n) is 3.95. The van der Waals surface area contributed by atoms with Crippen LogP contribution in [0.4, 0.5) is 5.69 Å². The Labute approximate surface area is 87.2 Å². The zero-order chi connectivity index (χ0) is 10.7. The molecule has 0 aromatic heterocycles. The van der Waals surface area contributed by atoms with Gasteiger partial charge in [0.2, 0.25) is 0 Å². The highest BCUT2D eigenvalue weighted by Crippen LogP contribution is 2.28. The first-order valence-corrected chi connectivity index (χ1v) is 4.33. The highest BCUT2D eigenvalue weighted by Gasteiger charge is 2.14. The van der Waals surface area contributed by atoms with Gasteiger partial charge in [-0.15, -0.1) is 6.58 Å². The van der Waals surface area contributed by atoms with Crippen LogP contribution in [0.2, 0.25) is 5.02 Å². The minimum Gasteiger partial charge on any atom is -0.258 e. The van der Waals surface area contributed by atoms with E-state index in [1.165, 1.54) is 12.1 Å². The van der Waals surface area contributed by atoms with Gasteiger partial charge in [-0.3, -0.25) is 10.1 Å². The van der Waals surface area contributed by atoms with Gasteiger partial charge in [0.15, 0.2) is 0 Å². The molecule has 0 aliphatic carbocycles. The van der Waals surface area contributed by atoms with Crippen molar-refractivity contribution in [3.8, 4) is 0 Å². The van der Waals surface area contributed by atoms with Crippen LogP contribution in [0.3, 0.4) is 0 Å². The van der Waals surface area contributed by atoms with Crippen LogP contribution in [0.25, 0.3) is 0 Å². The lowest BCUT2D eigenvalue weighted by atomic mass is 10.0. The fourth-order valence-corrected chi connectivity index (χ4v) is 1.22. The number of nitro groups is 1. The molecule has 1 radical (unpaired) electrons. The molecule has 73 valence electrons. The average molecular weight is 211 g/mol. The monoisotopic (exact) mass is 210 g/mol. The number of benzene rings is 1. The van der Waals surface area contributed by atoms with Crippen LogP contribution in [-0.2, 0) is 0 Å². The van der Waals surface area contributed by atoms with Crippen molar-refractivity contribution in [2.24, 2.45) is 0 Å². The van der Waals surface area contributed by atoms with Crippen molar-refractivity contribution in [3.63, 3.8) is 0 Å². The molecule has 0 aliphatic heterocycles. The number of rotatable bonds is 3. The normalized spacial score (nSPS) is 12.1. The lowest BCUT2D eigenvalue weighted by molar-refractivity contribution is -0.384. The van der Waals surface area contributed by atoms with Crippen molar-refractivity contribution < 1.29 is 4.92 Å². The van der Waals surface area contributed by atoms with Gasteiger partial charge in [-0.2, -0.15) is 0 Å². The summed E-state index contributed by atoms with van der Waals surface area (Å²) in [7, 11) is 0. The molecule has 3 nitrogen and oxygen atoms in total. The SMILES string of the molecule is [CH2]C(C=C)c1ccc(Cl)c([N+](=O)[O-])c1. The molecule has 14 heavy (non-hydrogen) atoms. The smallest absolute Gasteiger partial charge is 0.258 e. The number of hydrogen-bond donors (Lipinski definition) is 0. The summed E-state index contributed by atoms with van der Waals surface area (Å²) in [5.74, 6) is -0.161. The predicted octanol–water partition coefficient (Wildman–Crippen LogP) is 3.35. The molecule has 0 bridgehead atoms. The van der Waals surface area contributed by atoms with Gasteiger partial charge in [0.1, 0.15) is 5.02 Å². The van der Waals surface area contributed by atoms with Crippen LogP contribution in [0.5, 0.6) is 0 Å². The molecule has 0 spiro atoms. The molecule has 0 heterocycles. The van der Waals surface area contributed by atoms with E-state index in [-0.39, 0.29) is 16.6 Å². The lowest BCUT2D eigenvalue weighted by Gasteiger charge is -2.05. The van der Waals surface area contributed by atoms with E-state index in [1.54, 1.807) is 12.1 Å². The van der Waals surface area contributed by atoms with Crippen molar-refractivity contribution in [1.82, 2.24) is 0 Å². The van der Waals surface area contributed by atoms with Gasteiger partial charge in [0.05, 0.1) is 4.92 Å². The van der Waals surface area contributed by atoms with E-state index >= 15 is 0 Å². The molecule has 1 aromatic carbocycles. The summed E-state index contributed by atoms with van der Waals surface area (Å²) in [4.78, 5) is 10.0. The Morgan fingerprint density at radius 2 is 2.21 bits per heavy atom. The van der Waals surface area contributed by atoms with Crippen LogP contribution in [-0.4, -0.2) is 4.92 Å². The van der Waals surface area contributed by atoms with E-state index in [2.05, 4.69) is 13.5 Å². The Morgan fingerprint density at radius 3 is 2.71 bits per heavy atom. The van der Waals surface area contributed by atoms with Gasteiger partial charge in [0.25, 0.3) is 5.69 Å². The molecule has 0 amide bonds. The molecule has 1 rings (SSSR count). The molecule has 0 saturated carbocycles. The van der Waals surface area contributed by atoms with Gasteiger partial charge in [-0.05, 0) is 18.6 Å². The summed E-state index contributed by atoms with van der Waals surface area (Å²) >= 11 is 5.65. The number of hydrogen-bond acceptors (Lipinski definition) is 2. The summed E-state index contributed by atoms with van der Waals surface area (Å²) in [6.07, 6.45) is 1.62. The highest BCUT2D eigenvalue weighted by atomic mass is 35.5. The van der Waals surface area contributed by atoms with Gasteiger partial charge in [-0.1, -0.05) is 23.7 Å². The first kappa shape index (κ1) is 10.7. The van der Waals surface area contributed by atoms with Crippen molar-refractivity contribution in [1.29, 1.82) is 0 Å². The zero-order valence-corrected chi connectivity index (χ0v) is 8.20. The number of allylic oxidation sites excluding steroid dienone is 1. The molecule has 1 aromatic rings. The minimum atomic E-state index is -0.512. The van der Waals surface area contributed by atoms with E-state index in [4.69, 9.17) is 11.6 Å². The topological polar surface area (TPSA) is 43.1 Å². The summed E-state index contributed by atoms with van der Waals surface area (Å²) < 4.78 is 0. The quantitative estimate of drug-likeness (QED) is 0.436. The molecule has 4 heteroatoms. The highest BCUT2D eigenvalue weighted by molar-refractivity contribution is 6.32. The minimum absolute atomic E-state index is 0.0975. The molecular formula is C10H9ClNO2. The molecule has 0 N–H and O–H groups in total. The predicted molar refractivity (Wildman–Crippen MR) is 56.4 cm³/mol. The molecule has 1 unspecified atom stereocenters. The van der Waals surface area contributed by atoms with Crippen LogP contribution in [0.1, 0.15) is 11.5 Å². The van der Waals surface area contributed by atoms with Crippen molar-refractivity contribution in [2.45, 2.75) is 5.92 Å². The van der Waals surface area contributed by atoms with E-state index in [1.807, 2.05) is 0 Å². The fraction of sp³-hybridized carbons (Fsp3) is 0.100. The van der Waals surface area contributed by atoms with Gasteiger partial charge in [0, 0.05) is 12.0 Å². The van der Waals surface area contributed by atoms with E-state index in [9.17, 15) is 10.1 Å². The number of nitro benzene ring substituents is 1. The second kappa shape index (κ2) is 4.24. The first-order chi connectivity index (χ1) is 6.56. The molecule has 0 saturated heterocycles. The lowest BCUT2D eigenvalue weighted by Crippen LogP contribution is -1.94. The van der Waals surface area contributed by atoms with Gasteiger partial charge < -0.3 is 0 Å². The maximum absolute atomic E-state index is 10.6. The average Bonchev–Trinajstić information content (AvgIpc) is 2.17. The van der Waals surface area contributed by atoms with Crippen LogP contribution < -0.4 is 0 Å². The van der Waals surface area contributed by atoms with E-state index in [0.717, 1.165) is 5.56 Å². The molecule has 0 aliphatic rings. The molecule has 0 fully saturated rings. The molecular weight excluding hydrogens is 202 g/mol. The Kier molecular flexibility index (Phi) is 3.25. The largest absolute Gasteiger partial charge is 0.288 e. The standard InChI is InChI=1S/C10H9ClNO2/c1-3-7(2)8-4-5-9(11)10(6-8)12(13)14/h3-7H,1-2H2. The zero-order valence-electron chi connectivity index (χ0n) is 7.44. The van der Waals surface area contributed by atoms with Gasteiger partial charge >= 0.3 is 0 Å². The summed E-state index contributed by atoms with van der Waals surface area (Å²) in [5, 5.41) is 10.7. The second-order valence-corrected chi connectivity index (χ2v) is 3.22. The third-order valence-electron chi connectivity index (χ3n) is 1.88. The van der Waals surface area contributed by atoms with Crippen molar-refractivity contribution >= 4 is 17.3 Å². The maximum Gasteiger partial charge on any atom is 0.288 e. The van der Waals surface area contributed by atoms with Crippen LogP contribution >= 0.6 is 11.6 Å². The Hall–Kier alpha value is -1.35. The number of halogens is 1. The van der Waals surface area contributed by atoms with Crippen molar-refractivity contribution in [3.05, 3.63) is 58.5 Å². The van der Waals surface area contributed by atoms with E-state index < -0.39 is 4.92 Å². The Balaban J connectivity index is 3.19. The second-order valence-electron chi connectivity index (χ2n) is 2.81. The Bertz CT molecular complexity index is 376. The third-order valence-corrected chi connectivity index (χ3v) is 2.20. The summed E-state index contributed by atoms with van der Waals surface area (Å²) in [6, 6.07) is 4.62. The van der Waals surface area contributed by atoms with Crippen molar-refractivity contribution in [2.75, 3.05) is 0 Å². The Morgan fingerprint density at radius 1 is 1.57 bits per heavy atom. The van der Waals surface area contributed by atoms with Crippen LogP contribution in [0.15, 0.2) is 30.9 Å². The third kappa shape index (κ3) is 2.12.